The number of aryl methyl sites for hydroxylation is 1. The highest BCUT2D eigenvalue weighted by molar-refractivity contribution is 7.89. The maximum atomic E-state index is 13.0. The van der Waals surface area contributed by atoms with Gasteiger partial charge in [0.2, 0.25) is 15.9 Å². The molecular weight excluding hydrogens is 390 g/mol. The van der Waals surface area contributed by atoms with Gasteiger partial charge in [-0.3, -0.25) is 4.79 Å². The normalized spacial score (nSPS) is 15.0. The lowest BCUT2D eigenvalue weighted by Gasteiger charge is -2.26. The first-order valence-electron chi connectivity index (χ1n) is 9.69. The van der Waals surface area contributed by atoms with Crippen molar-refractivity contribution >= 4 is 27.3 Å². The highest BCUT2D eigenvalue weighted by Crippen LogP contribution is 2.26. The van der Waals surface area contributed by atoms with Crippen LogP contribution in [0.3, 0.4) is 0 Å². The van der Waals surface area contributed by atoms with Crippen LogP contribution in [0.1, 0.15) is 24.8 Å². The Morgan fingerprint density at radius 2 is 1.83 bits per heavy atom. The maximum absolute atomic E-state index is 13.0. The number of nitrogens with one attached hydrogen (secondary N) is 2. The Bertz CT molecular complexity index is 970. The van der Waals surface area contributed by atoms with Crippen molar-refractivity contribution < 1.29 is 17.9 Å². The van der Waals surface area contributed by atoms with Crippen LogP contribution in [-0.4, -0.2) is 45.4 Å². The van der Waals surface area contributed by atoms with Crippen LogP contribution in [0.5, 0.6) is 5.75 Å². The predicted molar refractivity (Wildman–Crippen MR) is 114 cm³/mol. The SMILES string of the molecule is COc1cccc(NC(=O)CNc2ccc(C)c(S(=O)(=O)N3CCCCC3)c2)c1. The fourth-order valence-electron chi connectivity index (χ4n) is 3.32. The Kier molecular flexibility index (Phi) is 6.76. The van der Waals surface area contributed by atoms with E-state index >= 15 is 0 Å². The molecule has 2 aromatic carbocycles. The number of methoxy groups -OCH3 is 1. The molecule has 0 saturated carbocycles. The average Bonchev–Trinajstić information content (AvgIpc) is 2.73. The summed E-state index contributed by atoms with van der Waals surface area (Å²) in [5.41, 5.74) is 1.92. The molecule has 1 aliphatic heterocycles. The lowest BCUT2D eigenvalue weighted by Crippen LogP contribution is -2.36. The molecule has 1 amide bonds. The minimum Gasteiger partial charge on any atom is -0.497 e. The third-order valence-corrected chi connectivity index (χ3v) is 6.97. The van der Waals surface area contributed by atoms with Crippen LogP contribution >= 0.6 is 0 Å². The van der Waals surface area contributed by atoms with E-state index in [9.17, 15) is 13.2 Å². The van der Waals surface area contributed by atoms with E-state index in [0.717, 1.165) is 19.3 Å². The summed E-state index contributed by atoms with van der Waals surface area (Å²) >= 11 is 0. The van der Waals surface area contributed by atoms with E-state index in [0.29, 0.717) is 35.8 Å². The summed E-state index contributed by atoms with van der Waals surface area (Å²) in [6, 6.07) is 12.2. The lowest BCUT2D eigenvalue weighted by molar-refractivity contribution is -0.114. The summed E-state index contributed by atoms with van der Waals surface area (Å²) in [6.45, 7) is 2.92. The Morgan fingerprint density at radius 1 is 1.07 bits per heavy atom. The van der Waals surface area contributed by atoms with Gasteiger partial charge < -0.3 is 15.4 Å². The van der Waals surface area contributed by atoms with Gasteiger partial charge in [0.05, 0.1) is 18.6 Å². The number of nitrogens with zero attached hydrogens (tertiary/aromatic N) is 1. The summed E-state index contributed by atoms with van der Waals surface area (Å²) in [7, 11) is -1.97. The van der Waals surface area contributed by atoms with Crippen LogP contribution in [0.25, 0.3) is 0 Å². The highest BCUT2D eigenvalue weighted by atomic mass is 32.2. The third kappa shape index (κ3) is 5.27. The topological polar surface area (TPSA) is 87.7 Å². The number of sulfonamides is 1. The number of anilines is 2. The predicted octanol–water partition coefficient (Wildman–Crippen LogP) is 3.23. The molecule has 0 unspecified atom stereocenters. The zero-order valence-corrected chi connectivity index (χ0v) is 17.6. The molecule has 2 N–H and O–H groups in total. The summed E-state index contributed by atoms with van der Waals surface area (Å²) in [4.78, 5) is 12.5. The van der Waals surface area contributed by atoms with Crippen LogP contribution < -0.4 is 15.4 Å². The van der Waals surface area contributed by atoms with Crippen molar-refractivity contribution in [3.8, 4) is 5.75 Å². The number of carbonyl (C=O) groups is 1. The Hall–Kier alpha value is -2.58. The van der Waals surface area contributed by atoms with Crippen molar-refractivity contribution in [3.63, 3.8) is 0 Å². The molecule has 3 rings (SSSR count). The average molecular weight is 418 g/mol. The van der Waals surface area contributed by atoms with E-state index in [-0.39, 0.29) is 17.3 Å². The number of amides is 1. The van der Waals surface area contributed by atoms with E-state index in [2.05, 4.69) is 10.6 Å². The smallest absolute Gasteiger partial charge is 0.243 e. The molecule has 0 spiro atoms. The molecule has 0 atom stereocenters. The lowest BCUT2D eigenvalue weighted by atomic mass is 10.2. The Morgan fingerprint density at radius 3 is 2.55 bits per heavy atom. The van der Waals surface area contributed by atoms with Crippen LogP contribution in [0.4, 0.5) is 11.4 Å². The summed E-state index contributed by atoms with van der Waals surface area (Å²) in [5.74, 6) is 0.418. The molecule has 1 heterocycles. The highest BCUT2D eigenvalue weighted by Gasteiger charge is 2.27. The van der Waals surface area contributed by atoms with Crippen molar-refractivity contribution in [1.29, 1.82) is 0 Å². The Balaban J connectivity index is 1.67. The van der Waals surface area contributed by atoms with Crippen LogP contribution in [-0.2, 0) is 14.8 Å². The fourth-order valence-corrected chi connectivity index (χ4v) is 5.09. The van der Waals surface area contributed by atoms with Crippen molar-refractivity contribution in [1.82, 2.24) is 4.31 Å². The van der Waals surface area contributed by atoms with Gasteiger partial charge in [0, 0.05) is 30.5 Å². The van der Waals surface area contributed by atoms with Gasteiger partial charge in [-0.1, -0.05) is 18.6 Å². The van der Waals surface area contributed by atoms with E-state index in [1.807, 2.05) is 0 Å². The Labute approximate surface area is 172 Å². The van der Waals surface area contributed by atoms with Gasteiger partial charge in [0.15, 0.2) is 0 Å². The maximum Gasteiger partial charge on any atom is 0.243 e. The zero-order valence-electron chi connectivity index (χ0n) is 16.8. The molecule has 1 saturated heterocycles. The molecule has 0 radical (unpaired) electrons. The quantitative estimate of drug-likeness (QED) is 0.722. The summed E-state index contributed by atoms with van der Waals surface area (Å²) in [6.07, 6.45) is 2.84. The summed E-state index contributed by atoms with van der Waals surface area (Å²) in [5, 5.41) is 5.80. The molecule has 0 aliphatic carbocycles. The molecule has 1 fully saturated rings. The van der Waals surface area contributed by atoms with Gasteiger partial charge >= 0.3 is 0 Å². The van der Waals surface area contributed by atoms with Gasteiger partial charge in [0.25, 0.3) is 0 Å². The second-order valence-corrected chi connectivity index (χ2v) is 8.99. The number of hydrogen-bond donors (Lipinski definition) is 2. The first-order chi connectivity index (χ1) is 13.9. The van der Waals surface area contributed by atoms with Crippen molar-refractivity contribution in [3.05, 3.63) is 48.0 Å². The largest absolute Gasteiger partial charge is 0.497 e. The van der Waals surface area contributed by atoms with Crippen molar-refractivity contribution in [2.24, 2.45) is 0 Å². The number of rotatable bonds is 7. The van der Waals surface area contributed by atoms with Crippen LogP contribution in [0.15, 0.2) is 47.4 Å². The minimum absolute atomic E-state index is 0.0173. The molecule has 156 valence electrons. The van der Waals surface area contributed by atoms with E-state index in [1.165, 1.54) is 0 Å². The standard InChI is InChI=1S/C21H27N3O4S/c1-16-9-10-17(14-20(16)29(26,27)24-11-4-3-5-12-24)22-15-21(25)23-18-7-6-8-19(13-18)28-2/h6-10,13-14,22H,3-5,11-12,15H2,1-2H3,(H,23,25). The minimum atomic E-state index is -3.53. The van der Waals surface area contributed by atoms with Crippen LogP contribution in [0.2, 0.25) is 0 Å². The van der Waals surface area contributed by atoms with E-state index in [1.54, 1.807) is 60.8 Å². The zero-order chi connectivity index (χ0) is 20.9. The van der Waals surface area contributed by atoms with Crippen molar-refractivity contribution in [2.45, 2.75) is 31.1 Å². The number of hydrogen-bond acceptors (Lipinski definition) is 5. The van der Waals surface area contributed by atoms with Crippen LogP contribution in [0, 0.1) is 6.92 Å². The number of benzene rings is 2. The molecule has 29 heavy (non-hydrogen) atoms. The molecule has 1 aliphatic rings. The first kappa shape index (κ1) is 21.1. The van der Waals surface area contributed by atoms with Crippen molar-refractivity contribution in [2.75, 3.05) is 37.4 Å². The van der Waals surface area contributed by atoms with E-state index in [4.69, 9.17) is 4.74 Å². The van der Waals surface area contributed by atoms with Gasteiger partial charge in [-0.2, -0.15) is 4.31 Å². The molecule has 0 bridgehead atoms. The van der Waals surface area contributed by atoms with Gasteiger partial charge in [-0.15, -0.1) is 0 Å². The van der Waals surface area contributed by atoms with E-state index < -0.39 is 10.0 Å². The fraction of sp³-hybridized carbons (Fsp3) is 0.381. The molecule has 7 nitrogen and oxygen atoms in total. The molecule has 2 aromatic rings. The molecule has 8 heteroatoms. The first-order valence-corrected chi connectivity index (χ1v) is 11.1. The second kappa shape index (κ2) is 9.28. The number of ether oxygens (including phenoxy) is 1. The van der Waals surface area contributed by atoms with Gasteiger partial charge in [-0.05, 0) is 49.6 Å². The molecular formula is C21H27N3O4S. The third-order valence-electron chi connectivity index (χ3n) is 4.93. The number of carbonyl (C=O) groups excluding carboxylic acids is 1. The monoisotopic (exact) mass is 417 g/mol. The van der Waals surface area contributed by atoms with Gasteiger partial charge in [0.1, 0.15) is 5.75 Å². The summed E-state index contributed by atoms with van der Waals surface area (Å²) < 4.78 is 32.7. The second-order valence-electron chi connectivity index (χ2n) is 7.08. The van der Waals surface area contributed by atoms with Gasteiger partial charge in [-0.25, -0.2) is 8.42 Å². The molecule has 0 aromatic heterocycles. The number of piperidine rings is 1.